The summed E-state index contributed by atoms with van der Waals surface area (Å²) in [7, 11) is 1.67. The summed E-state index contributed by atoms with van der Waals surface area (Å²) in [6.07, 6.45) is 1.68. The van der Waals surface area contributed by atoms with Crippen LogP contribution in [0.15, 0.2) is 5.38 Å². The molecule has 1 aromatic rings. The summed E-state index contributed by atoms with van der Waals surface area (Å²) >= 11 is 1.66. The minimum Gasteiger partial charge on any atom is -0.389 e. The fourth-order valence-electron chi connectivity index (χ4n) is 1.71. The van der Waals surface area contributed by atoms with E-state index in [1.165, 1.54) is 4.90 Å². The number of aliphatic hydroxyl groups is 1. The standard InChI is InChI=1S/C13H23N3O2S/c1-5-11-15-10(8-19-11)6-7-14-12(17)16(4)9-13(2,3)18/h8,18H,5-7,9H2,1-4H3,(H,14,17). The van der Waals surface area contributed by atoms with E-state index in [2.05, 4.69) is 17.2 Å². The zero-order valence-corrected chi connectivity index (χ0v) is 12.9. The van der Waals surface area contributed by atoms with Gasteiger partial charge in [-0.3, -0.25) is 0 Å². The smallest absolute Gasteiger partial charge is 0.317 e. The average molecular weight is 285 g/mol. The second kappa shape index (κ2) is 6.86. The SMILES string of the molecule is CCc1nc(CCNC(=O)N(C)CC(C)(C)O)cs1. The topological polar surface area (TPSA) is 65.5 Å². The van der Waals surface area contributed by atoms with Crippen molar-refractivity contribution >= 4 is 17.4 Å². The highest BCUT2D eigenvalue weighted by Gasteiger charge is 2.18. The van der Waals surface area contributed by atoms with Gasteiger partial charge in [-0.25, -0.2) is 9.78 Å². The predicted molar refractivity (Wildman–Crippen MR) is 77.5 cm³/mol. The van der Waals surface area contributed by atoms with Crippen LogP contribution in [0.5, 0.6) is 0 Å². The molecular weight excluding hydrogens is 262 g/mol. The lowest BCUT2D eigenvalue weighted by Gasteiger charge is -2.25. The largest absolute Gasteiger partial charge is 0.389 e. The van der Waals surface area contributed by atoms with E-state index in [0.717, 1.165) is 23.5 Å². The third-order valence-electron chi connectivity index (χ3n) is 2.53. The van der Waals surface area contributed by atoms with E-state index in [0.29, 0.717) is 13.1 Å². The number of nitrogens with one attached hydrogen (secondary N) is 1. The summed E-state index contributed by atoms with van der Waals surface area (Å²) in [6, 6.07) is -0.173. The van der Waals surface area contributed by atoms with Crippen molar-refractivity contribution in [2.24, 2.45) is 0 Å². The molecule has 0 atom stereocenters. The first kappa shape index (κ1) is 15.9. The second-order valence-electron chi connectivity index (χ2n) is 5.24. The molecule has 0 aliphatic rings. The third kappa shape index (κ3) is 6.02. The number of rotatable bonds is 6. The van der Waals surface area contributed by atoms with Crippen LogP contribution in [-0.4, -0.2) is 46.8 Å². The van der Waals surface area contributed by atoms with Crippen LogP contribution in [0.2, 0.25) is 0 Å². The van der Waals surface area contributed by atoms with Crippen molar-refractivity contribution < 1.29 is 9.90 Å². The molecule has 0 aliphatic carbocycles. The van der Waals surface area contributed by atoms with E-state index in [1.54, 1.807) is 32.2 Å². The van der Waals surface area contributed by atoms with Crippen molar-refractivity contribution in [2.45, 2.75) is 39.2 Å². The van der Waals surface area contributed by atoms with E-state index in [9.17, 15) is 9.90 Å². The Morgan fingerprint density at radius 3 is 2.79 bits per heavy atom. The number of aryl methyl sites for hydroxylation is 1. The number of likely N-dealkylation sites (N-methyl/N-ethyl adjacent to an activating group) is 1. The minimum absolute atomic E-state index is 0.173. The van der Waals surface area contributed by atoms with Crippen LogP contribution in [0.25, 0.3) is 0 Å². The van der Waals surface area contributed by atoms with Crippen LogP contribution < -0.4 is 5.32 Å². The maximum Gasteiger partial charge on any atom is 0.317 e. The summed E-state index contributed by atoms with van der Waals surface area (Å²) < 4.78 is 0. The minimum atomic E-state index is -0.878. The van der Waals surface area contributed by atoms with Gasteiger partial charge < -0.3 is 15.3 Å². The molecule has 1 aromatic heterocycles. The molecule has 1 heterocycles. The van der Waals surface area contributed by atoms with Crippen molar-refractivity contribution in [3.05, 3.63) is 16.1 Å². The third-order valence-corrected chi connectivity index (χ3v) is 3.57. The van der Waals surface area contributed by atoms with Crippen molar-refractivity contribution in [3.63, 3.8) is 0 Å². The molecule has 108 valence electrons. The van der Waals surface area contributed by atoms with Gasteiger partial charge in [0.2, 0.25) is 0 Å². The maximum absolute atomic E-state index is 11.8. The van der Waals surface area contributed by atoms with Crippen LogP contribution in [0.1, 0.15) is 31.5 Å². The monoisotopic (exact) mass is 285 g/mol. The van der Waals surface area contributed by atoms with Crippen molar-refractivity contribution in [1.82, 2.24) is 15.2 Å². The molecule has 0 aliphatic heterocycles. The number of urea groups is 1. The van der Waals surface area contributed by atoms with E-state index in [4.69, 9.17) is 0 Å². The highest BCUT2D eigenvalue weighted by Crippen LogP contribution is 2.10. The number of carbonyl (C=O) groups is 1. The Morgan fingerprint density at radius 2 is 2.26 bits per heavy atom. The second-order valence-corrected chi connectivity index (χ2v) is 6.18. The molecule has 0 aromatic carbocycles. The molecule has 2 amide bonds. The number of nitrogens with zero attached hydrogens (tertiary/aromatic N) is 2. The number of hydrogen-bond acceptors (Lipinski definition) is 4. The normalized spacial score (nSPS) is 11.4. The first-order valence-electron chi connectivity index (χ1n) is 6.46. The molecule has 5 nitrogen and oxygen atoms in total. The highest BCUT2D eigenvalue weighted by atomic mass is 32.1. The Balaban J connectivity index is 2.30. The number of thiazole rings is 1. The number of carbonyl (C=O) groups excluding carboxylic acids is 1. The van der Waals surface area contributed by atoms with Gasteiger partial charge in [0.1, 0.15) is 0 Å². The van der Waals surface area contributed by atoms with Gasteiger partial charge in [-0.15, -0.1) is 11.3 Å². The van der Waals surface area contributed by atoms with Crippen LogP contribution in [0, 0.1) is 0 Å². The van der Waals surface area contributed by atoms with E-state index < -0.39 is 5.60 Å². The van der Waals surface area contributed by atoms with Gasteiger partial charge in [0.05, 0.1) is 22.8 Å². The number of hydrogen-bond donors (Lipinski definition) is 2. The van der Waals surface area contributed by atoms with Gasteiger partial charge in [0.25, 0.3) is 0 Å². The average Bonchev–Trinajstić information content (AvgIpc) is 2.74. The van der Waals surface area contributed by atoms with Crippen molar-refractivity contribution in [2.75, 3.05) is 20.1 Å². The lowest BCUT2D eigenvalue weighted by atomic mass is 10.1. The van der Waals surface area contributed by atoms with E-state index >= 15 is 0 Å². The Hall–Kier alpha value is -1.14. The molecule has 19 heavy (non-hydrogen) atoms. The van der Waals surface area contributed by atoms with Crippen molar-refractivity contribution in [1.29, 1.82) is 0 Å². The maximum atomic E-state index is 11.8. The quantitative estimate of drug-likeness (QED) is 0.835. The van der Waals surface area contributed by atoms with Gasteiger partial charge >= 0.3 is 6.03 Å². The van der Waals surface area contributed by atoms with Crippen LogP contribution in [-0.2, 0) is 12.8 Å². The molecule has 2 N–H and O–H groups in total. The van der Waals surface area contributed by atoms with Crippen LogP contribution in [0.4, 0.5) is 4.79 Å². The number of amides is 2. The summed E-state index contributed by atoms with van der Waals surface area (Å²) in [5, 5.41) is 15.6. The van der Waals surface area contributed by atoms with Gasteiger partial charge in [-0.2, -0.15) is 0 Å². The summed E-state index contributed by atoms with van der Waals surface area (Å²) in [5.74, 6) is 0. The molecule has 1 rings (SSSR count). The Labute approximate surface area is 118 Å². The molecule has 0 spiro atoms. The Morgan fingerprint density at radius 1 is 1.58 bits per heavy atom. The fourth-order valence-corrected chi connectivity index (χ4v) is 2.49. The van der Waals surface area contributed by atoms with Crippen LogP contribution >= 0.6 is 11.3 Å². The van der Waals surface area contributed by atoms with E-state index in [1.807, 2.05) is 5.38 Å². The molecule has 0 fully saturated rings. The lowest BCUT2D eigenvalue weighted by Crippen LogP contribution is -2.45. The molecule has 0 saturated heterocycles. The Kier molecular flexibility index (Phi) is 5.75. The molecule has 0 saturated carbocycles. The molecule has 0 unspecified atom stereocenters. The lowest BCUT2D eigenvalue weighted by molar-refractivity contribution is 0.0532. The summed E-state index contributed by atoms with van der Waals surface area (Å²) in [6.45, 7) is 6.30. The number of aromatic nitrogens is 1. The van der Waals surface area contributed by atoms with Gasteiger partial charge in [0, 0.05) is 25.4 Å². The molecule has 0 radical (unpaired) electrons. The fraction of sp³-hybridized carbons (Fsp3) is 0.692. The van der Waals surface area contributed by atoms with E-state index in [-0.39, 0.29) is 6.03 Å². The zero-order valence-electron chi connectivity index (χ0n) is 12.1. The van der Waals surface area contributed by atoms with Gasteiger partial charge in [-0.1, -0.05) is 6.92 Å². The Bertz CT molecular complexity index is 412. The molecular formula is C13H23N3O2S. The van der Waals surface area contributed by atoms with Crippen molar-refractivity contribution in [3.8, 4) is 0 Å². The van der Waals surface area contributed by atoms with Gasteiger partial charge in [-0.05, 0) is 20.3 Å². The first-order valence-corrected chi connectivity index (χ1v) is 7.34. The van der Waals surface area contributed by atoms with Gasteiger partial charge in [0.15, 0.2) is 0 Å². The zero-order chi connectivity index (χ0) is 14.5. The summed E-state index contributed by atoms with van der Waals surface area (Å²) in [5.41, 5.74) is 0.143. The first-order chi connectivity index (χ1) is 8.81. The summed E-state index contributed by atoms with van der Waals surface area (Å²) in [4.78, 5) is 17.7. The highest BCUT2D eigenvalue weighted by molar-refractivity contribution is 7.09. The molecule has 6 heteroatoms. The van der Waals surface area contributed by atoms with Crippen LogP contribution in [0.3, 0.4) is 0 Å². The predicted octanol–water partition coefficient (Wildman–Crippen LogP) is 1.66. The molecule has 0 bridgehead atoms.